The number of aromatic amines is 2. The first-order chi connectivity index (χ1) is 9.70. The molecule has 1 atom stereocenters. The van der Waals surface area contributed by atoms with Crippen molar-refractivity contribution in [3.8, 4) is 11.3 Å². The molecule has 0 bridgehead atoms. The van der Waals surface area contributed by atoms with Crippen LogP contribution in [0, 0.1) is 6.92 Å². The van der Waals surface area contributed by atoms with E-state index in [0.717, 1.165) is 34.7 Å². The van der Waals surface area contributed by atoms with E-state index in [1.165, 1.54) is 5.39 Å². The van der Waals surface area contributed by atoms with Gasteiger partial charge in [-0.2, -0.15) is 0 Å². The van der Waals surface area contributed by atoms with Crippen molar-refractivity contribution in [2.75, 3.05) is 6.54 Å². The van der Waals surface area contributed by atoms with Crippen LogP contribution in [0.1, 0.15) is 30.8 Å². The molecule has 2 aromatic heterocycles. The zero-order valence-corrected chi connectivity index (χ0v) is 11.9. The average molecular weight is 268 g/mol. The molecule has 0 radical (unpaired) electrons. The van der Waals surface area contributed by atoms with Crippen LogP contribution in [0.4, 0.5) is 0 Å². The number of nitrogens with one attached hydrogen (secondary N) is 2. The Labute approximate surface area is 118 Å². The summed E-state index contributed by atoms with van der Waals surface area (Å²) in [5.41, 5.74) is 10.1. The molecule has 1 unspecified atom stereocenters. The van der Waals surface area contributed by atoms with Crippen molar-refractivity contribution in [1.82, 2.24) is 15.0 Å². The Balaban J connectivity index is 2.06. The number of aromatic nitrogens is 3. The molecule has 0 aliphatic heterocycles. The summed E-state index contributed by atoms with van der Waals surface area (Å²) in [5.74, 6) is 1.38. The summed E-state index contributed by atoms with van der Waals surface area (Å²) in [6, 6.07) is 8.30. The molecule has 0 aliphatic carbocycles. The largest absolute Gasteiger partial charge is 0.360 e. The highest BCUT2D eigenvalue weighted by atomic mass is 14.9. The first-order valence-corrected chi connectivity index (χ1v) is 7.03. The second-order valence-corrected chi connectivity index (χ2v) is 5.32. The lowest BCUT2D eigenvalue weighted by atomic mass is 10.1. The number of hydrogen-bond donors (Lipinski definition) is 3. The first-order valence-electron chi connectivity index (χ1n) is 7.03. The number of benzene rings is 1. The molecule has 104 valence electrons. The van der Waals surface area contributed by atoms with Crippen LogP contribution in [0.25, 0.3) is 22.2 Å². The summed E-state index contributed by atoms with van der Waals surface area (Å²) in [6.07, 6.45) is 2.98. The molecule has 0 aliphatic rings. The van der Waals surface area contributed by atoms with Crippen molar-refractivity contribution in [3.63, 3.8) is 0 Å². The smallest absolute Gasteiger partial charge is 0.109 e. The molecule has 20 heavy (non-hydrogen) atoms. The maximum Gasteiger partial charge on any atom is 0.109 e. The quantitative estimate of drug-likeness (QED) is 0.679. The molecule has 3 aromatic rings. The highest BCUT2D eigenvalue weighted by Crippen LogP contribution is 2.30. The van der Waals surface area contributed by atoms with Crippen LogP contribution in [-0.4, -0.2) is 21.5 Å². The fourth-order valence-electron chi connectivity index (χ4n) is 2.63. The fraction of sp³-hybridized carbons (Fsp3) is 0.312. The predicted octanol–water partition coefficient (Wildman–Crippen LogP) is 3.32. The Kier molecular flexibility index (Phi) is 3.32. The second-order valence-electron chi connectivity index (χ2n) is 5.32. The van der Waals surface area contributed by atoms with E-state index in [2.05, 4.69) is 42.0 Å². The fourth-order valence-corrected chi connectivity index (χ4v) is 2.63. The summed E-state index contributed by atoms with van der Waals surface area (Å²) in [4.78, 5) is 11.5. The Morgan fingerprint density at radius 1 is 1.30 bits per heavy atom. The molecule has 0 amide bonds. The Hall–Kier alpha value is -2.07. The van der Waals surface area contributed by atoms with Crippen LogP contribution in [-0.2, 0) is 0 Å². The number of H-pyrrole nitrogens is 2. The van der Waals surface area contributed by atoms with Gasteiger partial charge in [0.25, 0.3) is 0 Å². The number of aryl methyl sites for hydroxylation is 1. The lowest BCUT2D eigenvalue weighted by Gasteiger charge is -2.04. The molecule has 0 saturated carbocycles. The van der Waals surface area contributed by atoms with Gasteiger partial charge in [0.2, 0.25) is 0 Å². The molecule has 4 nitrogen and oxygen atoms in total. The van der Waals surface area contributed by atoms with Gasteiger partial charge in [0.05, 0.1) is 5.69 Å². The van der Waals surface area contributed by atoms with Crippen LogP contribution in [0.5, 0.6) is 0 Å². The zero-order valence-electron chi connectivity index (χ0n) is 11.9. The molecule has 4 N–H and O–H groups in total. The molecule has 1 aromatic carbocycles. The third-order valence-electron chi connectivity index (χ3n) is 3.81. The zero-order chi connectivity index (χ0) is 14.1. The molecule has 3 rings (SSSR count). The number of nitrogens with two attached hydrogens (primary N) is 1. The van der Waals surface area contributed by atoms with Crippen LogP contribution in [0.3, 0.4) is 0 Å². The summed E-state index contributed by atoms with van der Waals surface area (Å²) in [5, 5.41) is 1.21. The van der Waals surface area contributed by atoms with Crippen molar-refractivity contribution >= 4 is 10.9 Å². The van der Waals surface area contributed by atoms with Crippen molar-refractivity contribution in [1.29, 1.82) is 0 Å². The number of imidazole rings is 1. The second kappa shape index (κ2) is 5.13. The van der Waals surface area contributed by atoms with E-state index in [1.807, 2.05) is 12.3 Å². The third-order valence-corrected chi connectivity index (χ3v) is 3.81. The molecule has 0 saturated heterocycles. The first kappa shape index (κ1) is 12.9. The van der Waals surface area contributed by atoms with Crippen molar-refractivity contribution in [2.45, 2.75) is 26.2 Å². The normalized spacial score (nSPS) is 12.9. The summed E-state index contributed by atoms with van der Waals surface area (Å²) < 4.78 is 0. The minimum atomic E-state index is 0.359. The topological polar surface area (TPSA) is 70.5 Å². The van der Waals surface area contributed by atoms with Crippen LogP contribution in [0.2, 0.25) is 0 Å². The Morgan fingerprint density at radius 2 is 2.10 bits per heavy atom. The minimum absolute atomic E-state index is 0.359. The van der Waals surface area contributed by atoms with Gasteiger partial charge in [-0.15, -0.1) is 0 Å². The van der Waals surface area contributed by atoms with Crippen molar-refractivity contribution in [3.05, 3.63) is 42.0 Å². The van der Waals surface area contributed by atoms with Crippen molar-refractivity contribution < 1.29 is 0 Å². The van der Waals surface area contributed by atoms with E-state index in [9.17, 15) is 0 Å². The van der Waals surface area contributed by atoms with Gasteiger partial charge in [-0.3, -0.25) is 0 Å². The van der Waals surface area contributed by atoms with Gasteiger partial charge in [-0.1, -0.05) is 25.1 Å². The number of hydrogen-bond acceptors (Lipinski definition) is 2. The minimum Gasteiger partial charge on any atom is -0.360 e. The lowest BCUT2D eigenvalue weighted by molar-refractivity contribution is 0.654. The summed E-state index contributed by atoms with van der Waals surface area (Å²) >= 11 is 0. The average Bonchev–Trinajstić information content (AvgIpc) is 3.02. The van der Waals surface area contributed by atoms with E-state index >= 15 is 0 Å². The van der Waals surface area contributed by atoms with E-state index in [0.29, 0.717) is 12.5 Å². The van der Waals surface area contributed by atoms with Gasteiger partial charge < -0.3 is 15.7 Å². The number of fused-ring (bicyclic) bond motifs is 1. The number of rotatable bonds is 4. The van der Waals surface area contributed by atoms with Gasteiger partial charge in [0, 0.05) is 34.3 Å². The molecule has 0 spiro atoms. The van der Waals surface area contributed by atoms with Crippen LogP contribution in [0.15, 0.2) is 30.5 Å². The van der Waals surface area contributed by atoms with E-state index in [1.54, 1.807) is 0 Å². The maximum atomic E-state index is 5.63. The molecular formula is C16H20N4. The highest BCUT2D eigenvalue weighted by molar-refractivity contribution is 5.95. The standard InChI is InChI=1S/C16H20N4/c1-10(7-8-17)16-19-11(2)15(20-16)13-9-18-14-6-4-3-5-12(13)14/h3-6,9-10,18H,7-8,17H2,1-2H3,(H,19,20). The van der Waals surface area contributed by atoms with E-state index in [4.69, 9.17) is 10.7 Å². The lowest BCUT2D eigenvalue weighted by Crippen LogP contribution is -2.05. The third kappa shape index (κ3) is 2.12. The number of nitrogens with zero attached hydrogens (tertiary/aromatic N) is 1. The van der Waals surface area contributed by atoms with E-state index < -0.39 is 0 Å². The van der Waals surface area contributed by atoms with E-state index in [-0.39, 0.29) is 0 Å². The van der Waals surface area contributed by atoms with Crippen LogP contribution >= 0.6 is 0 Å². The number of para-hydroxylation sites is 1. The molecule has 2 heterocycles. The molecular weight excluding hydrogens is 248 g/mol. The van der Waals surface area contributed by atoms with Gasteiger partial charge in [-0.05, 0) is 26.0 Å². The summed E-state index contributed by atoms with van der Waals surface area (Å²) in [7, 11) is 0. The monoisotopic (exact) mass is 268 g/mol. The Morgan fingerprint density at radius 3 is 2.90 bits per heavy atom. The van der Waals surface area contributed by atoms with Gasteiger partial charge in [0.15, 0.2) is 0 Å². The highest BCUT2D eigenvalue weighted by Gasteiger charge is 2.16. The Bertz CT molecular complexity index is 723. The van der Waals surface area contributed by atoms with Gasteiger partial charge >= 0.3 is 0 Å². The molecule has 4 heteroatoms. The van der Waals surface area contributed by atoms with Crippen LogP contribution < -0.4 is 5.73 Å². The molecule has 0 fully saturated rings. The summed E-state index contributed by atoms with van der Waals surface area (Å²) in [6.45, 7) is 4.91. The SMILES string of the molecule is Cc1[nH]c(C(C)CCN)nc1-c1c[nH]c2ccccc12. The maximum absolute atomic E-state index is 5.63. The van der Waals surface area contributed by atoms with Gasteiger partial charge in [0.1, 0.15) is 5.82 Å². The predicted molar refractivity (Wildman–Crippen MR) is 82.7 cm³/mol. The van der Waals surface area contributed by atoms with Gasteiger partial charge in [-0.25, -0.2) is 4.98 Å². The van der Waals surface area contributed by atoms with Crippen molar-refractivity contribution in [2.24, 2.45) is 5.73 Å².